The van der Waals surface area contributed by atoms with Crippen LogP contribution in [0.2, 0.25) is 0 Å². The van der Waals surface area contributed by atoms with E-state index >= 15 is 0 Å². The van der Waals surface area contributed by atoms with Gasteiger partial charge in [0.25, 0.3) is 0 Å². The highest BCUT2D eigenvalue weighted by Gasteiger charge is 2.09. The fourth-order valence-corrected chi connectivity index (χ4v) is 1.39. The molecule has 4 nitrogen and oxygen atoms in total. The minimum atomic E-state index is -0.578. The van der Waals surface area contributed by atoms with Crippen LogP contribution in [0.3, 0.4) is 0 Å². The number of nitrogens with one attached hydrogen (secondary N) is 1. The zero-order chi connectivity index (χ0) is 12.8. The van der Waals surface area contributed by atoms with E-state index in [1.54, 1.807) is 0 Å². The highest BCUT2D eigenvalue weighted by Crippen LogP contribution is 2.17. The summed E-state index contributed by atoms with van der Waals surface area (Å²) in [5.74, 6) is -0.996. The molecule has 0 aliphatic rings. The van der Waals surface area contributed by atoms with Crippen LogP contribution in [0.15, 0.2) is 18.2 Å². The van der Waals surface area contributed by atoms with E-state index < -0.39 is 11.7 Å². The van der Waals surface area contributed by atoms with Crippen LogP contribution in [0.1, 0.15) is 24.2 Å². The molecule has 1 atom stereocenters. The zero-order valence-electron chi connectivity index (χ0n) is 10.00. The largest absolute Gasteiger partial charge is 0.380 e. The molecule has 1 amide bonds. The number of hydrogen-bond acceptors (Lipinski definition) is 3. The molecule has 17 heavy (non-hydrogen) atoms. The Kier molecular flexibility index (Phi) is 4.90. The molecule has 0 fully saturated rings. The van der Waals surface area contributed by atoms with Crippen molar-refractivity contribution in [2.75, 3.05) is 18.5 Å². The van der Waals surface area contributed by atoms with E-state index in [1.165, 1.54) is 18.2 Å². The molecule has 0 aliphatic carbocycles. The minimum absolute atomic E-state index is 0.0485. The van der Waals surface area contributed by atoms with Crippen LogP contribution in [0.4, 0.5) is 10.1 Å². The van der Waals surface area contributed by atoms with Crippen molar-refractivity contribution in [3.8, 4) is 0 Å². The van der Waals surface area contributed by atoms with Crippen molar-refractivity contribution in [1.29, 1.82) is 0 Å². The van der Waals surface area contributed by atoms with Crippen LogP contribution in [0.25, 0.3) is 0 Å². The lowest BCUT2D eigenvalue weighted by molar-refractivity contribution is 0.100. The van der Waals surface area contributed by atoms with Gasteiger partial charge in [0.15, 0.2) is 0 Å². The number of primary amides is 1. The Morgan fingerprint density at radius 1 is 1.59 bits per heavy atom. The summed E-state index contributed by atoms with van der Waals surface area (Å²) in [6.07, 6.45) is 0. The molecule has 1 aromatic rings. The van der Waals surface area contributed by atoms with Crippen LogP contribution >= 0.6 is 0 Å². The maximum absolute atomic E-state index is 13.5. The lowest BCUT2D eigenvalue weighted by atomic mass is 10.1. The highest BCUT2D eigenvalue weighted by molar-refractivity contribution is 5.93. The Morgan fingerprint density at radius 2 is 2.29 bits per heavy atom. The molecule has 0 saturated heterocycles. The molecule has 0 saturated carbocycles. The van der Waals surface area contributed by atoms with Crippen molar-refractivity contribution in [3.05, 3.63) is 29.6 Å². The third-order valence-corrected chi connectivity index (χ3v) is 2.22. The lowest BCUT2D eigenvalue weighted by Crippen LogP contribution is -2.22. The van der Waals surface area contributed by atoms with Gasteiger partial charge in [0, 0.05) is 18.2 Å². The fourth-order valence-electron chi connectivity index (χ4n) is 1.39. The molecule has 0 aromatic heterocycles. The predicted molar refractivity (Wildman–Crippen MR) is 64.5 cm³/mol. The Hall–Kier alpha value is -1.62. The second-order valence-electron chi connectivity index (χ2n) is 3.76. The highest BCUT2D eigenvalue weighted by atomic mass is 19.1. The van der Waals surface area contributed by atoms with Gasteiger partial charge in [-0.3, -0.25) is 4.79 Å². The molecule has 0 aliphatic heterocycles. The standard InChI is InChI=1S/C12H17FN2O2/c1-3-17-7-8(2)15-11-6-9(12(14)16)4-5-10(11)13/h4-6,8,15H,3,7H2,1-2H3,(H2,14,16). The maximum Gasteiger partial charge on any atom is 0.248 e. The van der Waals surface area contributed by atoms with Crippen LogP contribution in [0.5, 0.6) is 0 Å². The Bertz CT molecular complexity index is 396. The van der Waals surface area contributed by atoms with Crippen molar-refractivity contribution in [1.82, 2.24) is 0 Å². The normalized spacial score (nSPS) is 12.2. The van der Waals surface area contributed by atoms with E-state index in [0.29, 0.717) is 13.2 Å². The number of halogens is 1. The van der Waals surface area contributed by atoms with E-state index in [0.717, 1.165) is 0 Å². The molecule has 1 unspecified atom stereocenters. The number of ether oxygens (including phenoxy) is 1. The van der Waals surface area contributed by atoms with Gasteiger partial charge in [-0.2, -0.15) is 0 Å². The third-order valence-electron chi connectivity index (χ3n) is 2.22. The predicted octanol–water partition coefficient (Wildman–Crippen LogP) is 1.76. The number of rotatable bonds is 6. The zero-order valence-corrected chi connectivity index (χ0v) is 10.00. The summed E-state index contributed by atoms with van der Waals surface area (Å²) in [6.45, 7) is 4.83. The summed E-state index contributed by atoms with van der Waals surface area (Å²) in [6, 6.07) is 3.93. The molecule has 1 rings (SSSR count). The topological polar surface area (TPSA) is 64.3 Å². The molecule has 3 N–H and O–H groups in total. The van der Waals surface area contributed by atoms with E-state index in [1.807, 2.05) is 13.8 Å². The maximum atomic E-state index is 13.5. The van der Waals surface area contributed by atoms with Crippen molar-refractivity contribution >= 4 is 11.6 Å². The second kappa shape index (κ2) is 6.20. The van der Waals surface area contributed by atoms with E-state index in [-0.39, 0.29) is 17.3 Å². The lowest BCUT2D eigenvalue weighted by Gasteiger charge is -2.16. The summed E-state index contributed by atoms with van der Waals surface area (Å²) in [5, 5.41) is 2.93. The van der Waals surface area contributed by atoms with Gasteiger partial charge in [-0.1, -0.05) is 0 Å². The molecule has 0 heterocycles. The minimum Gasteiger partial charge on any atom is -0.380 e. The van der Waals surface area contributed by atoms with Gasteiger partial charge >= 0.3 is 0 Å². The van der Waals surface area contributed by atoms with Gasteiger partial charge in [0.2, 0.25) is 5.91 Å². The SMILES string of the molecule is CCOCC(C)Nc1cc(C(N)=O)ccc1F. The first-order valence-corrected chi connectivity index (χ1v) is 5.48. The molecule has 5 heteroatoms. The summed E-state index contributed by atoms with van der Waals surface area (Å²) >= 11 is 0. The number of amides is 1. The Labute approximate surface area is 100.0 Å². The number of anilines is 1. The summed E-state index contributed by atoms with van der Waals surface area (Å²) in [4.78, 5) is 11.0. The quantitative estimate of drug-likeness (QED) is 0.796. The van der Waals surface area contributed by atoms with E-state index in [9.17, 15) is 9.18 Å². The second-order valence-corrected chi connectivity index (χ2v) is 3.76. The molecular weight excluding hydrogens is 223 g/mol. The Balaban J connectivity index is 2.75. The molecule has 0 spiro atoms. The molecule has 94 valence electrons. The smallest absolute Gasteiger partial charge is 0.248 e. The van der Waals surface area contributed by atoms with Crippen LogP contribution in [-0.2, 0) is 4.74 Å². The van der Waals surface area contributed by atoms with Crippen molar-refractivity contribution in [2.45, 2.75) is 19.9 Å². The van der Waals surface area contributed by atoms with Crippen LogP contribution < -0.4 is 11.1 Å². The Morgan fingerprint density at radius 3 is 2.88 bits per heavy atom. The molecule has 0 bridgehead atoms. The van der Waals surface area contributed by atoms with E-state index in [4.69, 9.17) is 10.5 Å². The van der Waals surface area contributed by atoms with Crippen molar-refractivity contribution in [2.24, 2.45) is 5.73 Å². The number of carbonyl (C=O) groups excluding carboxylic acids is 1. The van der Waals surface area contributed by atoms with Crippen LogP contribution in [0, 0.1) is 5.82 Å². The van der Waals surface area contributed by atoms with Gasteiger partial charge in [0.1, 0.15) is 5.82 Å². The molecule has 0 radical (unpaired) electrons. The van der Waals surface area contributed by atoms with Gasteiger partial charge in [-0.05, 0) is 32.0 Å². The first kappa shape index (κ1) is 13.4. The molecular formula is C12H17FN2O2. The number of nitrogens with two attached hydrogens (primary N) is 1. The first-order valence-electron chi connectivity index (χ1n) is 5.48. The van der Waals surface area contributed by atoms with E-state index in [2.05, 4.69) is 5.32 Å². The van der Waals surface area contributed by atoms with Gasteiger partial charge in [0.05, 0.1) is 12.3 Å². The molecule has 1 aromatic carbocycles. The summed E-state index contributed by atoms with van der Waals surface area (Å²) in [5.41, 5.74) is 5.66. The number of hydrogen-bond donors (Lipinski definition) is 2. The summed E-state index contributed by atoms with van der Waals surface area (Å²) < 4.78 is 18.7. The van der Waals surface area contributed by atoms with Gasteiger partial charge < -0.3 is 15.8 Å². The van der Waals surface area contributed by atoms with Crippen molar-refractivity contribution in [3.63, 3.8) is 0 Å². The number of benzene rings is 1. The van der Waals surface area contributed by atoms with Gasteiger partial charge in [-0.15, -0.1) is 0 Å². The first-order chi connectivity index (χ1) is 8.04. The average molecular weight is 240 g/mol. The summed E-state index contributed by atoms with van der Waals surface area (Å²) in [7, 11) is 0. The fraction of sp³-hybridized carbons (Fsp3) is 0.417. The number of carbonyl (C=O) groups is 1. The third kappa shape index (κ3) is 4.03. The van der Waals surface area contributed by atoms with Crippen molar-refractivity contribution < 1.29 is 13.9 Å². The monoisotopic (exact) mass is 240 g/mol. The van der Waals surface area contributed by atoms with Crippen LogP contribution in [-0.4, -0.2) is 25.2 Å². The van der Waals surface area contributed by atoms with Gasteiger partial charge in [-0.25, -0.2) is 4.39 Å². The average Bonchev–Trinajstić information content (AvgIpc) is 2.29.